The van der Waals surface area contributed by atoms with Gasteiger partial charge in [-0.25, -0.2) is 4.39 Å². The fourth-order valence-corrected chi connectivity index (χ4v) is 4.78. The molecule has 11 heteroatoms. The highest BCUT2D eigenvalue weighted by atomic mass is 35.5. The Labute approximate surface area is 227 Å². The van der Waals surface area contributed by atoms with Crippen LogP contribution in [0, 0.1) is 5.82 Å². The number of aromatic nitrogens is 2. The molecule has 1 saturated heterocycles. The summed E-state index contributed by atoms with van der Waals surface area (Å²) in [5.41, 5.74) is 2.88. The Balaban J connectivity index is 1.09. The molecule has 1 aliphatic rings. The zero-order chi connectivity index (χ0) is 26.5. The Morgan fingerprint density at radius 1 is 0.974 bits per heavy atom. The monoisotopic (exact) mass is 551 g/mol. The molecule has 3 aromatic carbocycles. The third-order valence-corrected chi connectivity index (χ3v) is 7.03. The first-order valence-corrected chi connectivity index (χ1v) is 13.2. The number of nitrogens with one attached hydrogen (secondary N) is 1. The van der Waals surface area contributed by atoms with E-state index >= 15 is 0 Å². The van der Waals surface area contributed by atoms with Crippen molar-refractivity contribution < 1.29 is 18.4 Å². The smallest absolute Gasteiger partial charge is 0.277 e. The average molecular weight is 552 g/mol. The molecule has 1 N–H and O–H groups in total. The number of carbonyl (C=O) groups excluding carboxylic acids is 2. The summed E-state index contributed by atoms with van der Waals surface area (Å²) >= 11 is 7.15. The van der Waals surface area contributed by atoms with Crippen LogP contribution in [0.25, 0.3) is 11.5 Å². The molecule has 0 bridgehead atoms. The predicted octanol–water partition coefficient (Wildman–Crippen LogP) is 5.22. The number of halogens is 2. The molecule has 4 aromatic rings. The highest BCUT2D eigenvalue weighted by Crippen LogP contribution is 2.26. The summed E-state index contributed by atoms with van der Waals surface area (Å²) in [5.74, 6) is -0.199. The van der Waals surface area contributed by atoms with E-state index < -0.39 is 0 Å². The Morgan fingerprint density at radius 2 is 1.71 bits per heavy atom. The summed E-state index contributed by atoms with van der Waals surface area (Å²) in [4.78, 5) is 29.0. The quantitative estimate of drug-likeness (QED) is 0.315. The lowest BCUT2D eigenvalue weighted by atomic mass is 10.1. The minimum atomic E-state index is -0.361. The Bertz CT molecular complexity index is 1420. The largest absolute Gasteiger partial charge is 0.411 e. The molecule has 2 heterocycles. The molecule has 0 unspecified atom stereocenters. The number of thioether (sulfide) groups is 1. The van der Waals surface area contributed by atoms with Crippen LogP contribution in [0.2, 0.25) is 5.02 Å². The number of carbonyl (C=O) groups is 2. The van der Waals surface area contributed by atoms with Crippen molar-refractivity contribution in [3.05, 3.63) is 89.2 Å². The van der Waals surface area contributed by atoms with Crippen LogP contribution in [-0.4, -0.2) is 58.8 Å². The van der Waals surface area contributed by atoms with Crippen LogP contribution in [0.3, 0.4) is 0 Å². The van der Waals surface area contributed by atoms with E-state index in [9.17, 15) is 14.0 Å². The molecular weight excluding hydrogens is 529 g/mol. The van der Waals surface area contributed by atoms with Gasteiger partial charge in [-0.2, -0.15) is 0 Å². The first kappa shape index (κ1) is 25.7. The lowest BCUT2D eigenvalue weighted by molar-refractivity contribution is -0.113. The second kappa shape index (κ2) is 11.7. The standard InChI is InChI=1S/C27H23ClFN5O3S/c28-20-3-1-2-19(16-20)25-31-32-27(37-25)38-17-24(35)30-22-8-10-23(11-9-22)33-12-14-34(15-13-33)26(36)18-4-6-21(29)7-5-18/h1-11,16H,12-15,17H2,(H,30,35). The van der Waals surface area contributed by atoms with Gasteiger partial charge in [-0.05, 0) is 66.7 Å². The van der Waals surface area contributed by atoms with Crippen molar-refractivity contribution in [1.82, 2.24) is 15.1 Å². The highest BCUT2D eigenvalue weighted by molar-refractivity contribution is 7.99. The number of hydrogen-bond acceptors (Lipinski definition) is 7. The van der Waals surface area contributed by atoms with Crippen LogP contribution >= 0.6 is 23.4 Å². The maximum Gasteiger partial charge on any atom is 0.277 e. The Morgan fingerprint density at radius 3 is 2.42 bits per heavy atom. The van der Waals surface area contributed by atoms with Gasteiger partial charge in [0.25, 0.3) is 11.1 Å². The van der Waals surface area contributed by atoms with Gasteiger partial charge in [0.2, 0.25) is 11.8 Å². The van der Waals surface area contributed by atoms with Crippen molar-refractivity contribution in [1.29, 1.82) is 0 Å². The van der Waals surface area contributed by atoms with E-state index in [0.29, 0.717) is 59.1 Å². The van der Waals surface area contributed by atoms with Crippen molar-refractivity contribution in [3.8, 4) is 11.5 Å². The van der Waals surface area contributed by atoms with Crippen LogP contribution < -0.4 is 10.2 Å². The number of piperazine rings is 1. The van der Waals surface area contributed by atoms with Crippen LogP contribution in [0.5, 0.6) is 0 Å². The number of hydrogen-bond donors (Lipinski definition) is 1. The van der Waals surface area contributed by atoms with E-state index in [-0.39, 0.29) is 23.4 Å². The lowest BCUT2D eigenvalue weighted by Gasteiger charge is -2.36. The summed E-state index contributed by atoms with van der Waals surface area (Å²) in [6.07, 6.45) is 0. The number of rotatable bonds is 7. The maximum atomic E-state index is 13.1. The first-order valence-electron chi connectivity index (χ1n) is 11.9. The molecule has 0 aliphatic carbocycles. The molecule has 0 radical (unpaired) electrons. The van der Waals surface area contributed by atoms with Crippen molar-refractivity contribution in [3.63, 3.8) is 0 Å². The van der Waals surface area contributed by atoms with Crippen LogP contribution in [0.15, 0.2) is 82.4 Å². The summed E-state index contributed by atoms with van der Waals surface area (Å²) in [6, 6.07) is 20.3. The van der Waals surface area contributed by atoms with Gasteiger partial charge in [0, 0.05) is 53.7 Å². The van der Waals surface area contributed by atoms with Crippen molar-refractivity contribution >= 4 is 46.6 Å². The SMILES string of the molecule is O=C(CSc1nnc(-c2cccc(Cl)c2)o1)Nc1ccc(N2CCN(C(=O)c3ccc(F)cc3)CC2)cc1. The third-order valence-electron chi connectivity index (χ3n) is 5.98. The third kappa shape index (κ3) is 6.32. The van der Waals surface area contributed by atoms with Gasteiger partial charge in [0.1, 0.15) is 5.82 Å². The van der Waals surface area contributed by atoms with Crippen LogP contribution in [0.4, 0.5) is 15.8 Å². The van der Waals surface area contributed by atoms with Crippen molar-refractivity contribution in [2.24, 2.45) is 0 Å². The fourth-order valence-electron chi connectivity index (χ4n) is 4.03. The normalized spacial score (nSPS) is 13.4. The predicted molar refractivity (Wildman–Crippen MR) is 145 cm³/mol. The fraction of sp³-hybridized carbons (Fsp3) is 0.185. The molecule has 1 fully saturated rings. The molecule has 1 aromatic heterocycles. The molecule has 194 valence electrons. The van der Waals surface area contributed by atoms with Crippen LogP contribution in [0.1, 0.15) is 10.4 Å². The molecular formula is C27H23ClFN5O3S. The number of benzene rings is 3. The molecule has 1 aliphatic heterocycles. The van der Waals surface area contributed by atoms with E-state index in [1.54, 1.807) is 23.1 Å². The summed E-state index contributed by atoms with van der Waals surface area (Å²) < 4.78 is 18.8. The summed E-state index contributed by atoms with van der Waals surface area (Å²) in [5, 5.41) is 11.7. The van der Waals surface area contributed by atoms with Gasteiger partial charge in [0.05, 0.1) is 5.75 Å². The van der Waals surface area contributed by atoms with Gasteiger partial charge in [0.15, 0.2) is 0 Å². The Hall–Kier alpha value is -3.89. The lowest BCUT2D eigenvalue weighted by Crippen LogP contribution is -2.48. The molecule has 0 spiro atoms. The minimum absolute atomic E-state index is 0.0956. The number of amides is 2. The number of nitrogens with zero attached hydrogens (tertiary/aromatic N) is 4. The first-order chi connectivity index (χ1) is 18.4. The van der Waals surface area contributed by atoms with Gasteiger partial charge in [-0.3, -0.25) is 9.59 Å². The van der Waals surface area contributed by atoms with E-state index in [2.05, 4.69) is 20.4 Å². The summed E-state index contributed by atoms with van der Waals surface area (Å²) in [7, 11) is 0. The average Bonchev–Trinajstić information content (AvgIpc) is 3.42. The van der Waals surface area contributed by atoms with Crippen molar-refractivity contribution in [2.45, 2.75) is 5.22 Å². The maximum absolute atomic E-state index is 13.1. The molecule has 2 amide bonds. The summed E-state index contributed by atoms with van der Waals surface area (Å²) in [6.45, 7) is 2.49. The molecule has 38 heavy (non-hydrogen) atoms. The minimum Gasteiger partial charge on any atom is -0.411 e. The molecule has 5 rings (SSSR count). The van der Waals surface area contributed by atoms with Crippen LogP contribution in [-0.2, 0) is 4.79 Å². The van der Waals surface area contributed by atoms with E-state index in [1.807, 2.05) is 30.3 Å². The number of anilines is 2. The van der Waals surface area contributed by atoms with Gasteiger partial charge >= 0.3 is 0 Å². The van der Waals surface area contributed by atoms with E-state index in [0.717, 1.165) is 17.4 Å². The molecule has 8 nitrogen and oxygen atoms in total. The van der Waals surface area contributed by atoms with Gasteiger partial charge in [-0.15, -0.1) is 10.2 Å². The Kier molecular flexibility index (Phi) is 7.90. The van der Waals surface area contributed by atoms with Gasteiger partial charge in [-0.1, -0.05) is 29.4 Å². The second-order valence-electron chi connectivity index (χ2n) is 8.55. The zero-order valence-corrected chi connectivity index (χ0v) is 21.7. The zero-order valence-electron chi connectivity index (χ0n) is 20.1. The second-order valence-corrected chi connectivity index (χ2v) is 9.92. The van der Waals surface area contributed by atoms with Gasteiger partial charge < -0.3 is 19.5 Å². The van der Waals surface area contributed by atoms with E-state index in [1.165, 1.54) is 24.3 Å². The highest BCUT2D eigenvalue weighted by Gasteiger charge is 2.22. The molecule has 0 saturated carbocycles. The topological polar surface area (TPSA) is 91.6 Å². The van der Waals surface area contributed by atoms with E-state index in [4.69, 9.17) is 16.0 Å². The molecule has 0 atom stereocenters. The van der Waals surface area contributed by atoms with Crippen molar-refractivity contribution in [2.75, 3.05) is 42.1 Å².